The average molecular weight is 490 g/mol. The van der Waals surface area contributed by atoms with Crippen molar-refractivity contribution in [2.45, 2.75) is 65.3 Å². The number of methoxy groups -OCH3 is 2. The first-order chi connectivity index (χ1) is 17.3. The van der Waals surface area contributed by atoms with Crippen LogP contribution >= 0.6 is 0 Å². The van der Waals surface area contributed by atoms with E-state index in [4.69, 9.17) is 14.2 Å². The molecule has 1 N–H and O–H groups in total. The van der Waals surface area contributed by atoms with Crippen LogP contribution in [0.2, 0.25) is 0 Å². The minimum absolute atomic E-state index is 0.251. The maximum Gasteiger partial charge on any atom is 0.340 e. The van der Waals surface area contributed by atoms with E-state index in [0.29, 0.717) is 29.6 Å². The van der Waals surface area contributed by atoms with Crippen molar-refractivity contribution in [3.63, 3.8) is 0 Å². The number of rotatable bonds is 5. The molecule has 0 amide bonds. The molecule has 0 spiro atoms. The van der Waals surface area contributed by atoms with Crippen molar-refractivity contribution in [2.75, 3.05) is 20.8 Å². The van der Waals surface area contributed by atoms with Crippen molar-refractivity contribution >= 4 is 5.97 Å². The van der Waals surface area contributed by atoms with E-state index < -0.39 is 0 Å². The van der Waals surface area contributed by atoms with Gasteiger partial charge in [0, 0.05) is 28.8 Å². The largest absolute Gasteiger partial charge is 0.507 e. The van der Waals surface area contributed by atoms with Crippen LogP contribution in [0, 0.1) is 20.8 Å². The molecule has 1 fully saturated rings. The number of hydrogen-bond donors (Lipinski definition) is 1. The third kappa shape index (κ3) is 3.57. The normalized spacial score (nSPS) is 18.2. The zero-order valence-corrected chi connectivity index (χ0v) is 22.0. The fraction of sp³-hybridized carbons (Fsp3) is 0.433. The Kier molecular flexibility index (Phi) is 6.23. The minimum atomic E-state index is -0.331. The van der Waals surface area contributed by atoms with Gasteiger partial charge < -0.3 is 23.9 Å². The van der Waals surface area contributed by atoms with Crippen LogP contribution in [-0.2, 0) is 4.74 Å². The lowest BCUT2D eigenvalue weighted by atomic mass is 9.75. The zero-order chi connectivity index (χ0) is 25.7. The van der Waals surface area contributed by atoms with Gasteiger partial charge in [-0.05, 0) is 87.1 Å². The SMILES string of the molecule is CCOC(=O)c1c(-c2cc(C)c(O)c(C)c2)c(C)n2c1-c1cc(OC)c(OC)cc1[C@H]1CCCC[C@H]12. The maximum atomic E-state index is 13.7. The molecule has 190 valence electrons. The number of aromatic hydroxyl groups is 1. The molecule has 2 aliphatic rings. The van der Waals surface area contributed by atoms with Crippen molar-refractivity contribution in [3.8, 4) is 39.6 Å². The molecule has 36 heavy (non-hydrogen) atoms. The van der Waals surface area contributed by atoms with Crippen LogP contribution in [0.5, 0.6) is 17.2 Å². The van der Waals surface area contributed by atoms with E-state index in [0.717, 1.165) is 58.5 Å². The van der Waals surface area contributed by atoms with Crippen LogP contribution in [-0.4, -0.2) is 36.5 Å². The second-order valence-electron chi connectivity index (χ2n) is 9.99. The number of esters is 1. The summed E-state index contributed by atoms with van der Waals surface area (Å²) in [5.74, 6) is 1.64. The van der Waals surface area contributed by atoms with Crippen LogP contribution < -0.4 is 9.47 Å². The molecule has 2 heterocycles. The number of aromatic nitrogens is 1. The molecule has 1 saturated carbocycles. The van der Waals surface area contributed by atoms with Gasteiger partial charge in [-0.1, -0.05) is 12.8 Å². The Morgan fingerprint density at radius 1 is 1.00 bits per heavy atom. The first-order valence-corrected chi connectivity index (χ1v) is 12.8. The summed E-state index contributed by atoms with van der Waals surface area (Å²) < 4.78 is 19.4. The molecular weight excluding hydrogens is 454 g/mol. The second-order valence-corrected chi connectivity index (χ2v) is 9.99. The van der Waals surface area contributed by atoms with E-state index in [1.54, 1.807) is 14.2 Å². The van der Waals surface area contributed by atoms with Gasteiger partial charge in [-0.25, -0.2) is 4.79 Å². The van der Waals surface area contributed by atoms with E-state index in [2.05, 4.69) is 17.6 Å². The number of phenolic OH excluding ortho intramolecular Hbond substituents is 1. The Labute approximate surface area is 212 Å². The number of aryl methyl sites for hydroxylation is 2. The van der Waals surface area contributed by atoms with Gasteiger partial charge >= 0.3 is 5.97 Å². The van der Waals surface area contributed by atoms with Crippen LogP contribution in [0.1, 0.15) is 77.3 Å². The summed E-state index contributed by atoms with van der Waals surface area (Å²) in [4.78, 5) is 13.7. The average Bonchev–Trinajstić information content (AvgIpc) is 3.19. The predicted octanol–water partition coefficient (Wildman–Crippen LogP) is 6.86. The highest BCUT2D eigenvalue weighted by atomic mass is 16.5. The van der Waals surface area contributed by atoms with Crippen LogP contribution in [0.4, 0.5) is 0 Å². The van der Waals surface area contributed by atoms with Gasteiger partial charge in [0.15, 0.2) is 11.5 Å². The van der Waals surface area contributed by atoms with Gasteiger partial charge in [-0.2, -0.15) is 0 Å². The first kappa shape index (κ1) is 24.3. The molecule has 1 aromatic heterocycles. The predicted molar refractivity (Wildman–Crippen MR) is 140 cm³/mol. The highest BCUT2D eigenvalue weighted by Gasteiger charge is 2.41. The lowest BCUT2D eigenvalue weighted by molar-refractivity contribution is 0.0528. The van der Waals surface area contributed by atoms with E-state index in [1.807, 2.05) is 39.0 Å². The Balaban J connectivity index is 1.89. The van der Waals surface area contributed by atoms with Crippen LogP contribution in [0.3, 0.4) is 0 Å². The number of phenols is 1. The number of benzene rings is 2. The topological polar surface area (TPSA) is 69.9 Å². The highest BCUT2D eigenvalue weighted by molar-refractivity contribution is 6.06. The monoisotopic (exact) mass is 489 g/mol. The van der Waals surface area contributed by atoms with Gasteiger partial charge in [0.25, 0.3) is 0 Å². The second kappa shape index (κ2) is 9.23. The molecular formula is C30H35NO5. The number of nitrogens with zero attached hydrogens (tertiary/aromatic N) is 1. The third-order valence-corrected chi connectivity index (χ3v) is 7.98. The van der Waals surface area contributed by atoms with Gasteiger partial charge in [0.1, 0.15) is 5.75 Å². The van der Waals surface area contributed by atoms with Crippen LogP contribution in [0.15, 0.2) is 24.3 Å². The lowest BCUT2D eigenvalue weighted by Gasteiger charge is -2.40. The maximum absolute atomic E-state index is 13.7. The summed E-state index contributed by atoms with van der Waals surface area (Å²) in [6.45, 7) is 8.02. The van der Waals surface area contributed by atoms with Crippen molar-refractivity contribution in [2.24, 2.45) is 0 Å². The number of carbonyl (C=O) groups is 1. The molecule has 2 aromatic carbocycles. The molecule has 6 heteroatoms. The lowest BCUT2D eigenvalue weighted by Crippen LogP contribution is -2.28. The van der Waals surface area contributed by atoms with Crippen molar-refractivity contribution in [1.82, 2.24) is 4.57 Å². The quantitative estimate of drug-likeness (QED) is 0.397. The molecule has 5 rings (SSSR count). The van der Waals surface area contributed by atoms with Crippen molar-refractivity contribution < 1.29 is 24.1 Å². The van der Waals surface area contributed by atoms with Gasteiger partial charge in [-0.15, -0.1) is 0 Å². The number of carbonyl (C=O) groups excluding carboxylic acids is 1. The summed E-state index contributed by atoms with van der Waals surface area (Å²) in [5.41, 5.74) is 8.09. The molecule has 6 nitrogen and oxygen atoms in total. The minimum Gasteiger partial charge on any atom is -0.507 e. The van der Waals surface area contributed by atoms with E-state index >= 15 is 0 Å². The highest BCUT2D eigenvalue weighted by Crippen LogP contribution is 2.56. The standard InChI is InChI=1S/C30H35NO5/c1-7-36-30(33)27-26(19-12-16(2)29(32)17(3)13-19)18(4)31-23-11-9-8-10-20(23)21-14-24(34-5)25(35-6)15-22(21)28(27)31/h12-15,20,23,32H,7-11H2,1-6H3/t20-,23-/m1/s1. The van der Waals surface area contributed by atoms with E-state index in [9.17, 15) is 9.90 Å². The Bertz CT molecular complexity index is 1330. The summed E-state index contributed by atoms with van der Waals surface area (Å²) in [7, 11) is 3.30. The third-order valence-electron chi connectivity index (χ3n) is 7.98. The molecule has 0 saturated heterocycles. The molecule has 3 aromatic rings. The smallest absolute Gasteiger partial charge is 0.340 e. The Morgan fingerprint density at radius 3 is 2.28 bits per heavy atom. The van der Waals surface area contributed by atoms with Crippen LogP contribution in [0.25, 0.3) is 22.4 Å². The summed E-state index contributed by atoms with van der Waals surface area (Å²) in [5, 5.41) is 10.4. The summed E-state index contributed by atoms with van der Waals surface area (Å²) in [6.07, 6.45) is 4.48. The summed E-state index contributed by atoms with van der Waals surface area (Å²) >= 11 is 0. The molecule has 0 unspecified atom stereocenters. The van der Waals surface area contributed by atoms with Gasteiger partial charge in [0.2, 0.25) is 0 Å². The molecule has 1 aliphatic heterocycles. The fourth-order valence-electron chi connectivity index (χ4n) is 6.43. The molecule has 2 atom stereocenters. The first-order valence-electron chi connectivity index (χ1n) is 12.8. The number of hydrogen-bond acceptors (Lipinski definition) is 5. The Hall–Kier alpha value is -3.41. The van der Waals surface area contributed by atoms with Crippen molar-refractivity contribution in [3.05, 3.63) is 52.2 Å². The number of ether oxygens (including phenoxy) is 3. The zero-order valence-electron chi connectivity index (χ0n) is 22.0. The van der Waals surface area contributed by atoms with Crippen molar-refractivity contribution in [1.29, 1.82) is 0 Å². The number of fused-ring (bicyclic) bond motifs is 6. The molecule has 1 aliphatic carbocycles. The van der Waals surface area contributed by atoms with E-state index in [1.165, 1.54) is 12.0 Å². The summed E-state index contributed by atoms with van der Waals surface area (Å²) in [6, 6.07) is 8.30. The van der Waals surface area contributed by atoms with Gasteiger partial charge in [0.05, 0.1) is 32.1 Å². The van der Waals surface area contributed by atoms with Gasteiger partial charge in [-0.3, -0.25) is 0 Å². The van der Waals surface area contributed by atoms with E-state index in [-0.39, 0.29) is 17.8 Å². The molecule has 0 radical (unpaired) electrons. The molecule has 0 bridgehead atoms. The Morgan fingerprint density at radius 2 is 1.64 bits per heavy atom. The fourth-order valence-corrected chi connectivity index (χ4v) is 6.43.